The van der Waals surface area contributed by atoms with Crippen LogP contribution in [0.5, 0.6) is 0 Å². The fourth-order valence-corrected chi connectivity index (χ4v) is 16.5. The van der Waals surface area contributed by atoms with E-state index in [-0.39, 0.29) is 13.7 Å². The van der Waals surface area contributed by atoms with E-state index < -0.39 is 10.8 Å². The van der Waals surface area contributed by atoms with E-state index in [0.717, 1.165) is 0 Å². The van der Waals surface area contributed by atoms with Gasteiger partial charge in [-0.05, 0) is 111 Å². The Labute approximate surface area is 418 Å². The maximum atomic E-state index is 2.83. The van der Waals surface area contributed by atoms with Gasteiger partial charge in [-0.25, -0.2) is 0 Å². The van der Waals surface area contributed by atoms with Crippen LogP contribution in [-0.4, -0.2) is 13.7 Å². The van der Waals surface area contributed by atoms with E-state index in [1.807, 2.05) is 0 Å². The highest BCUT2D eigenvalue weighted by atomic mass is 15.1. The third-order valence-electron chi connectivity index (χ3n) is 18.6. The van der Waals surface area contributed by atoms with Crippen molar-refractivity contribution in [3.63, 3.8) is 0 Å². The molecule has 0 saturated carbocycles. The number of fused-ring (bicyclic) bond motifs is 8. The highest BCUT2D eigenvalue weighted by Gasteiger charge is 2.62. The van der Waals surface area contributed by atoms with Crippen LogP contribution in [0.2, 0.25) is 0 Å². The van der Waals surface area contributed by atoms with Crippen molar-refractivity contribution < 1.29 is 0 Å². The molecule has 0 spiro atoms. The second-order valence-corrected chi connectivity index (χ2v) is 21.2. The minimum absolute atomic E-state index is 0.000460. The average Bonchev–Trinajstić information content (AvgIpc) is 3.98. The lowest BCUT2D eigenvalue weighted by Crippen LogP contribution is -2.62. The van der Waals surface area contributed by atoms with Crippen LogP contribution in [0.1, 0.15) is 44.5 Å². The van der Waals surface area contributed by atoms with Crippen molar-refractivity contribution in [3.05, 3.63) is 275 Å². The Morgan fingerprint density at radius 3 is 0.833 bits per heavy atom. The summed E-state index contributed by atoms with van der Waals surface area (Å²) in [7, 11) is 0. The summed E-state index contributed by atoms with van der Waals surface area (Å²) in [5, 5.41) is 0. The van der Waals surface area contributed by atoms with Gasteiger partial charge in [0.25, 0.3) is 0 Å². The molecule has 4 heteroatoms. The Morgan fingerprint density at radius 2 is 0.486 bits per heavy atom. The van der Waals surface area contributed by atoms with Gasteiger partial charge in [-0.3, -0.25) is 0 Å². The summed E-state index contributed by atoms with van der Waals surface area (Å²) in [6.07, 6.45) is 0. The number of para-hydroxylation sites is 4. The quantitative estimate of drug-likeness (QED) is 0.162. The summed E-state index contributed by atoms with van der Waals surface area (Å²) >= 11 is 0. The Bertz CT molecular complexity index is 3990. The lowest BCUT2D eigenvalue weighted by atomic mass is 9.40. The first-order valence-corrected chi connectivity index (χ1v) is 25.7. The van der Waals surface area contributed by atoms with E-state index in [2.05, 4.69) is 240 Å². The molecule has 0 bridgehead atoms. The van der Waals surface area contributed by atoms with Crippen LogP contribution in [0.4, 0.5) is 22.7 Å². The number of hydrogen-bond donors (Lipinski definition) is 0. The van der Waals surface area contributed by atoms with Crippen LogP contribution >= 0.6 is 0 Å². The lowest BCUT2D eigenvalue weighted by molar-refractivity contribution is 0.734. The summed E-state index contributed by atoms with van der Waals surface area (Å²) in [6.45, 7) is -0.000919. The molecule has 0 aromatic heterocycles. The molecule has 8 heterocycles. The van der Waals surface area contributed by atoms with Crippen LogP contribution in [-0.2, 0) is 10.8 Å². The van der Waals surface area contributed by atoms with Crippen LogP contribution in [0, 0.1) is 0 Å². The minimum Gasteiger partial charge on any atom is -0.375 e. The molecule has 0 N–H and O–H groups in total. The van der Waals surface area contributed by atoms with Gasteiger partial charge in [0.05, 0.1) is 10.8 Å². The maximum absolute atomic E-state index is 2.83. The first kappa shape index (κ1) is 37.0. The van der Waals surface area contributed by atoms with Gasteiger partial charge in [0.2, 0.25) is 0 Å². The van der Waals surface area contributed by atoms with Gasteiger partial charge in [0, 0.05) is 45.0 Å². The molecular formula is C68H38B2N2. The molecule has 0 saturated heterocycles. The van der Waals surface area contributed by atoms with E-state index in [1.54, 1.807) is 0 Å². The molecule has 11 aromatic carbocycles. The van der Waals surface area contributed by atoms with E-state index in [0.29, 0.717) is 0 Å². The SMILES string of the molecule is c1ccc(C2(c3ccccc3)c3cccc4c3N3B5c6c-4cccc6-c4c5c(c5c6c4-c4cccc7c4B6N4c6c-7cccc6C(c6ccccc6)(c6ccccc6)c6cccc-5c64)-c4cccc2c43)cc1. The summed E-state index contributed by atoms with van der Waals surface area (Å²) in [6, 6.07) is 89.1. The number of benzene rings is 11. The van der Waals surface area contributed by atoms with Gasteiger partial charge in [0.1, 0.15) is 0 Å². The molecule has 8 aliphatic rings. The molecule has 0 amide bonds. The number of anilines is 4. The Morgan fingerprint density at radius 1 is 0.222 bits per heavy atom. The second-order valence-electron chi connectivity index (χ2n) is 21.2. The van der Waals surface area contributed by atoms with Crippen LogP contribution in [0.25, 0.3) is 66.8 Å². The minimum atomic E-state index is -0.583. The Kier molecular flexibility index (Phi) is 6.36. The van der Waals surface area contributed by atoms with Gasteiger partial charge in [-0.1, -0.05) is 231 Å². The standard InChI is InChI=1S/C68H38B2N2/c1-5-19-39(20-6-1)67(40-21-7-2-8-22-40)51-35-15-29-45-43-27-13-31-47-55-56-48-32-14-28-44-46-30-16-36-52-64(46)72-66-50(34-18-38-54(66)68(52,41-23-9-3-10-24-41)42-25-11-4-12-26-42)58(62(56)70(72)60(44)48)57-49-33-17-37-53(67)65(49)71(63(45)51)69(59(43)47)61(55)57/h1-38H. The van der Waals surface area contributed by atoms with Gasteiger partial charge in [-0.15, -0.1) is 0 Å². The van der Waals surface area contributed by atoms with Crippen molar-refractivity contribution in [1.82, 2.24) is 0 Å². The first-order chi connectivity index (χ1) is 35.8. The molecule has 8 aliphatic heterocycles. The van der Waals surface area contributed by atoms with Crippen molar-refractivity contribution in [1.29, 1.82) is 0 Å². The third kappa shape index (κ3) is 3.74. The second kappa shape index (κ2) is 12.4. The summed E-state index contributed by atoms with van der Waals surface area (Å²) in [5.41, 5.74) is 37.1. The van der Waals surface area contributed by atoms with Crippen LogP contribution in [0.15, 0.2) is 231 Å². The van der Waals surface area contributed by atoms with Crippen molar-refractivity contribution >= 4 is 58.3 Å². The summed E-state index contributed by atoms with van der Waals surface area (Å²) in [4.78, 5) is 5.66. The van der Waals surface area contributed by atoms with Gasteiger partial charge in [0.15, 0.2) is 0 Å². The average molecular weight is 905 g/mol. The molecular weight excluding hydrogens is 866 g/mol. The number of nitrogens with zero attached hydrogens (tertiary/aromatic N) is 2. The van der Waals surface area contributed by atoms with E-state index in [4.69, 9.17) is 0 Å². The topological polar surface area (TPSA) is 6.48 Å². The van der Waals surface area contributed by atoms with E-state index in [1.165, 1.54) is 156 Å². The molecule has 72 heavy (non-hydrogen) atoms. The zero-order valence-corrected chi connectivity index (χ0v) is 39.0. The molecule has 0 atom stereocenters. The van der Waals surface area contributed by atoms with Crippen LogP contribution < -0.4 is 31.5 Å². The zero-order chi connectivity index (χ0) is 46.3. The smallest absolute Gasteiger partial charge is 0.330 e. The summed E-state index contributed by atoms with van der Waals surface area (Å²) in [5.74, 6) is 0. The van der Waals surface area contributed by atoms with Crippen LogP contribution in [0.3, 0.4) is 0 Å². The van der Waals surface area contributed by atoms with E-state index >= 15 is 0 Å². The maximum Gasteiger partial charge on any atom is 0.330 e. The highest BCUT2D eigenvalue weighted by molar-refractivity contribution is 7.00. The molecule has 0 radical (unpaired) electrons. The molecule has 0 aliphatic carbocycles. The first-order valence-electron chi connectivity index (χ1n) is 25.7. The summed E-state index contributed by atoms with van der Waals surface area (Å²) < 4.78 is 0. The highest BCUT2D eigenvalue weighted by Crippen LogP contribution is 2.68. The van der Waals surface area contributed by atoms with Crippen molar-refractivity contribution in [2.24, 2.45) is 0 Å². The molecule has 0 fully saturated rings. The van der Waals surface area contributed by atoms with E-state index in [9.17, 15) is 0 Å². The molecule has 0 unspecified atom stereocenters. The Balaban J connectivity index is 1.04. The van der Waals surface area contributed by atoms with Gasteiger partial charge >= 0.3 is 13.7 Å². The lowest BCUT2D eigenvalue weighted by Gasteiger charge is -2.54. The normalized spacial score (nSPS) is 15.9. The van der Waals surface area contributed by atoms with Gasteiger partial charge in [-0.2, -0.15) is 0 Å². The largest absolute Gasteiger partial charge is 0.375 e. The van der Waals surface area contributed by atoms with Crippen molar-refractivity contribution in [3.8, 4) is 66.8 Å². The van der Waals surface area contributed by atoms with Crippen molar-refractivity contribution in [2.45, 2.75) is 10.8 Å². The number of hydrogen-bond acceptors (Lipinski definition) is 2. The van der Waals surface area contributed by atoms with Crippen molar-refractivity contribution in [2.75, 3.05) is 9.62 Å². The predicted octanol–water partition coefficient (Wildman–Crippen LogP) is 12.8. The molecule has 2 nitrogen and oxygen atoms in total. The fourth-order valence-electron chi connectivity index (χ4n) is 16.5. The number of rotatable bonds is 4. The fraction of sp³-hybridized carbons (Fsp3) is 0.0294. The zero-order valence-electron chi connectivity index (χ0n) is 39.0. The molecule has 11 aromatic rings. The third-order valence-corrected chi connectivity index (χ3v) is 18.6. The van der Waals surface area contributed by atoms with Gasteiger partial charge < -0.3 is 9.62 Å². The Hall–Kier alpha value is -8.85. The molecule has 19 rings (SSSR count). The monoisotopic (exact) mass is 904 g/mol. The molecule has 326 valence electrons. The predicted molar refractivity (Wildman–Crippen MR) is 297 cm³/mol.